The number of ketones is 2. The standard InChI is InChI=1S/C22H23N3O3/c1-3-20(26)17-9-15(21(27)10-14-8-13(14)2)11-25(22(17)28)12-19-16-4-6-23-18(16)5-7-24-19/h4-7,9,11,13-14,23H,3,8,10,12H2,1-2H3/t13-,14+/m0/s1. The highest BCUT2D eigenvalue weighted by atomic mass is 16.1. The van der Waals surface area contributed by atoms with Gasteiger partial charge in [0.1, 0.15) is 0 Å². The van der Waals surface area contributed by atoms with Crippen LogP contribution in [0.4, 0.5) is 0 Å². The van der Waals surface area contributed by atoms with E-state index < -0.39 is 0 Å². The van der Waals surface area contributed by atoms with Crippen molar-refractivity contribution in [2.24, 2.45) is 11.8 Å². The van der Waals surface area contributed by atoms with E-state index in [0.717, 1.165) is 23.0 Å². The molecule has 4 rings (SSSR count). The van der Waals surface area contributed by atoms with E-state index in [2.05, 4.69) is 16.9 Å². The Morgan fingerprint density at radius 3 is 2.79 bits per heavy atom. The summed E-state index contributed by atoms with van der Waals surface area (Å²) in [7, 11) is 0. The van der Waals surface area contributed by atoms with Crippen LogP contribution in [0.2, 0.25) is 0 Å². The number of hydrogen-bond acceptors (Lipinski definition) is 4. The average Bonchev–Trinajstić information content (AvgIpc) is 3.17. The molecule has 1 N–H and O–H groups in total. The Balaban J connectivity index is 1.75. The van der Waals surface area contributed by atoms with Crippen molar-refractivity contribution in [1.82, 2.24) is 14.5 Å². The van der Waals surface area contributed by atoms with Gasteiger partial charge in [0, 0.05) is 47.9 Å². The van der Waals surface area contributed by atoms with Crippen LogP contribution in [0.25, 0.3) is 10.9 Å². The number of fused-ring (bicyclic) bond motifs is 1. The summed E-state index contributed by atoms with van der Waals surface area (Å²) in [5.74, 6) is 0.720. The van der Waals surface area contributed by atoms with Crippen molar-refractivity contribution in [2.75, 3.05) is 0 Å². The van der Waals surface area contributed by atoms with Crippen LogP contribution in [0.15, 0.2) is 41.6 Å². The molecule has 0 aromatic carbocycles. The van der Waals surface area contributed by atoms with Crippen LogP contribution in [0.5, 0.6) is 0 Å². The first-order valence-electron chi connectivity index (χ1n) is 9.69. The summed E-state index contributed by atoms with van der Waals surface area (Å²) in [6, 6.07) is 5.25. The Morgan fingerprint density at radius 2 is 2.07 bits per heavy atom. The monoisotopic (exact) mass is 377 g/mol. The van der Waals surface area contributed by atoms with Gasteiger partial charge in [0.15, 0.2) is 11.6 Å². The third kappa shape index (κ3) is 3.42. The quantitative estimate of drug-likeness (QED) is 0.638. The SMILES string of the molecule is CCC(=O)c1cc(C(=O)C[C@H]2C[C@@H]2C)cn(Cc2nccc3[nH]ccc23)c1=O. The highest BCUT2D eigenvalue weighted by molar-refractivity contribution is 6.01. The first-order chi connectivity index (χ1) is 13.5. The van der Waals surface area contributed by atoms with Crippen LogP contribution < -0.4 is 5.56 Å². The second kappa shape index (κ2) is 7.19. The van der Waals surface area contributed by atoms with E-state index in [9.17, 15) is 14.4 Å². The van der Waals surface area contributed by atoms with Crippen LogP contribution in [0.1, 0.15) is 59.5 Å². The van der Waals surface area contributed by atoms with Gasteiger partial charge in [-0.05, 0) is 36.5 Å². The number of aromatic nitrogens is 3. The fourth-order valence-electron chi connectivity index (χ4n) is 3.67. The fourth-order valence-corrected chi connectivity index (χ4v) is 3.67. The minimum Gasteiger partial charge on any atom is -0.361 e. The number of nitrogens with one attached hydrogen (secondary N) is 1. The summed E-state index contributed by atoms with van der Waals surface area (Å²) in [6.07, 6.45) is 6.83. The van der Waals surface area contributed by atoms with E-state index in [4.69, 9.17) is 0 Å². The maximum absolute atomic E-state index is 12.9. The second-order valence-electron chi connectivity index (χ2n) is 7.65. The summed E-state index contributed by atoms with van der Waals surface area (Å²) in [5.41, 5.74) is 1.78. The molecule has 3 heterocycles. The molecule has 1 aliphatic rings. The van der Waals surface area contributed by atoms with Gasteiger partial charge in [0.05, 0.1) is 17.8 Å². The van der Waals surface area contributed by atoms with Gasteiger partial charge < -0.3 is 9.55 Å². The number of Topliss-reactive ketones (excluding diaryl/α,β-unsaturated/α-hetero) is 2. The highest BCUT2D eigenvalue weighted by Gasteiger charge is 2.34. The van der Waals surface area contributed by atoms with E-state index in [1.54, 1.807) is 19.3 Å². The summed E-state index contributed by atoms with van der Waals surface area (Å²) in [5, 5.41) is 0.918. The number of carbonyl (C=O) groups excluding carboxylic acids is 2. The van der Waals surface area contributed by atoms with Crippen molar-refractivity contribution < 1.29 is 9.59 Å². The zero-order valence-electron chi connectivity index (χ0n) is 16.1. The Morgan fingerprint density at radius 1 is 1.29 bits per heavy atom. The molecule has 0 aliphatic heterocycles. The molecule has 1 saturated carbocycles. The molecule has 6 nitrogen and oxygen atoms in total. The van der Waals surface area contributed by atoms with Gasteiger partial charge in [-0.2, -0.15) is 0 Å². The van der Waals surface area contributed by atoms with E-state index >= 15 is 0 Å². The molecule has 6 heteroatoms. The Bertz CT molecular complexity index is 1130. The van der Waals surface area contributed by atoms with Crippen molar-refractivity contribution in [3.05, 3.63) is 64.0 Å². The van der Waals surface area contributed by atoms with Gasteiger partial charge in [-0.1, -0.05) is 13.8 Å². The Hall–Kier alpha value is -3.02. The number of nitrogens with zero attached hydrogens (tertiary/aromatic N) is 2. The maximum atomic E-state index is 12.9. The van der Waals surface area contributed by atoms with Crippen molar-refractivity contribution in [3.8, 4) is 0 Å². The predicted molar refractivity (Wildman–Crippen MR) is 107 cm³/mol. The van der Waals surface area contributed by atoms with Gasteiger partial charge in [0.25, 0.3) is 5.56 Å². The van der Waals surface area contributed by atoms with Crippen LogP contribution >= 0.6 is 0 Å². The molecule has 0 unspecified atom stereocenters. The van der Waals surface area contributed by atoms with E-state index in [1.807, 2.05) is 18.3 Å². The molecule has 0 spiro atoms. The molecular formula is C22H23N3O3. The lowest BCUT2D eigenvalue weighted by Crippen LogP contribution is -2.28. The molecule has 0 radical (unpaired) electrons. The third-order valence-corrected chi connectivity index (χ3v) is 5.63. The summed E-state index contributed by atoms with van der Waals surface area (Å²) < 4.78 is 1.45. The smallest absolute Gasteiger partial charge is 0.261 e. The molecule has 2 atom stereocenters. The van der Waals surface area contributed by atoms with Gasteiger partial charge in [-0.3, -0.25) is 19.4 Å². The Labute approximate surface area is 162 Å². The van der Waals surface area contributed by atoms with Gasteiger partial charge in [-0.15, -0.1) is 0 Å². The number of carbonyl (C=O) groups is 2. The maximum Gasteiger partial charge on any atom is 0.261 e. The largest absolute Gasteiger partial charge is 0.361 e. The van der Waals surface area contributed by atoms with E-state index in [-0.39, 0.29) is 35.7 Å². The summed E-state index contributed by atoms with van der Waals surface area (Å²) in [4.78, 5) is 45.5. The molecule has 1 aliphatic carbocycles. The Kier molecular flexibility index (Phi) is 4.71. The average molecular weight is 377 g/mol. The second-order valence-corrected chi connectivity index (χ2v) is 7.65. The number of rotatable bonds is 7. The lowest BCUT2D eigenvalue weighted by atomic mass is 10.0. The first-order valence-corrected chi connectivity index (χ1v) is 9.69. The number of aromatic amines is 1. The molecule has 144 valence electrons. The molecule has 0 amide bonds. The van der Waals surface area contributed by atoms with Crippen LogP contribution in [0.3, 0.4) is 0 Å². The normalized spacial score (nSPS) is 18.4. The molecule has 0 saturated heterocycles. The summed E-state index contributed by atoms with van der Waals surface area (Å²) in [6.45, 7) is 4.06. The number of pyridine rings is 2. The lowest BCUT2D eigenvalue weighted by Gasteiger charge is -2.11. The van der Waals surface area contributed by atoms with Crippen molar-refractivity contribution in [2.45, 2.75) is 39.7 Å². The van der Waals surface area contributed by atoms with Crippen molar-refractivity contribution in [1.29, 1.82) is 0 Å². The molecule has 28 heavy (non-hydrogen) atoms. The van der Waals surface area contributed by atoms with Gasteiger partial charge in [-0.25, -0.2) is 0 Å². The topological polar surface area (TPSA) is 84.8 Å². The number of hydrogen-bond donors (Lipinski definition) is 1. The highest BCUT2D eigenvalue weighted by Crippen LogP contribution is 2.41. The van der Waals surface area contributed by atoms with Gasteiger partial charge in [0.2, 0.25) is 0 Å². The zero-order valence-corrected chi connectivity index (χ0v) is 16.1. The summed E-state index contributed by atoms with van der Waals surface area (Å²) >= 11 is 0. The van der Waals surface area contributed by atoms with Crippen LogP contribution in [-0.4, -0.2) is 26.1 Å². The lowest BCUT2D eigenvalue weighted by molar-refractivity contribution is 0.0973. The fraction of sp³-hybridized carbons (Fsp3) is 0.364. The first kappa shape index (κ1) is 18.3. The minimum atomic E-state index is -0.377. The van der Waals surface area contributed by atoms with Crippen molar-refractivity contribution >= 4 is 22.5 Å². The molecule has 0 bridgehead atoms. The zero-order chi connectivity index (χ0) is 19.8. The molecule has 3 aromatic rings. The van der Waals surface area contributed by atoms with Crippen LogP contribution in [-0.2, 0) is 6.54 Å². The minimum absolute atomic E-state index is 0.0129. The van der Waals surface area contributed by atoms with E-state index in [0.29, 0.717) is 23.8 Å². The third-order valence-electron chi connectivity index (χ3n) is 5.63. The molecule has 1 fully saturated rings. The molecular weight excluding hydrogens is 354 g/mol. The van der Waals surface area contributed by atoms with E-state index in [1.165, 1.54) is 10.6 Å². The molecule has 3 aromatic heterocycles. The van der Waals surface area contributed by atoms with Gasteiger partial charge >= 0.3 is 0 Å². The van der Waals surface area contributed by atoms with Crippen molar-refractivity contribution in [3.63, 3.8) is 0 Å². The van der Waals surface area contributed by atoms with Crippen LogP contribution in [0, 0.1) is 11.8 Å². The number of H-pyrrole nitrogens is 1. The predicted octanol–water partition coefficient (Wildman–Crippen LogP) is 3.59.